The molecule has 1 heterocycles. The van der Waals surface area contributed by atoms with Crippen molar-refractivity contribution in [2.24, 2.45) is 0 Å². The maximum atomic E-state index is 12.9. The summed E-state index contributed by atoms with van der Waals surface area (Å²) in [6.45, 7) is 2.94. The van der Waals surface area contributed by atoms with Gasteiger partial charge in [0.05, 0.1) is 16.8 Å². The number of thiazole rings is 1. The number of likely N-dealkylation sites (N-methyl/N-ethyl adjacent to an activating group) is 1. The van der Waals surface area contributed by atoms with E-state index in [9.17, 15) is 13.2 Å². The average Bonchev–Trinajstić information content (AvgIpc) is 2.81. The standard InChI is InChI=1S/C15H17F3N2S/c1-11-14(21-10-19-11)7-8-20(2)9-12-5-3-4-6-13(12)15(16,17)18/h3-6,10H,7-9H2,1-2H3. The van der Waals surface area contributed by atoms with Gasteiger partial charge in [0.1, 0.15) is 0 Å². The quantitative estimate of drug-likeness (QED) is 0.824. The van der Waals surface area contributed by atoms with Gasteiger partial charge in [0.15, 0.2) is 0 Å². The Labute approximate surface area is 126 Å². The Hall–Kier alpha value is -1.40. The van der Waals surface area contributed by atoms with Gasteiger partial charge in [-0.25, -0.2) is 4.98 Å². The first-order chi connectivity index (χ1) is 9.88. The fourth-order valence-electron chi connectivity index (χ4n) is 2.16. The number of aromatic nitrogens is 1. The van der Waals surface area contributed by atoms with Crippen LogP contribution in [0.4, 0.5) is 13.2 Å². The van der Waals surface area contributed by atoms with Gasteiger partial charge in [-0.3, -0.25) is 0 Å². The summed E-state index contributed by atoms with van der Waals surface area (Å²) in [6.07, 6.45) is -3.49. The van der Waals surface area contributed by atoms with Crippen molar-refractivity contribution in [3.63, 3.8) is 0 Å². The number of hydrogen-bond acceptors (Lipinski definition) is 3. The number of alkyl halides is 3. The van der Waals surface area contributed by atoms with E-state index in [-0.39, 0.29) is 6.54 Å². The highest BCUT2D eigenvalue weighted by atomic mass is 32.1. The second-order valence-electron chi connectivity index (χ2n) is 5.00. The fourth-order valence-corrected chi connectivity index (χ4v) is 2.93. The van der Waals surface area contributed by atoms with Gasteiger partial charge in [0, 0.05) is 18.0 Å². The van der Waals surface area contributed by atoms with Gasteiger partial charge < -0.3 is 4.90 Å². The SMILES string of the molecule is Cc1ncsc1CCN(C)Cc1ccccc1C(F)(F)F. The zero-order valence-corrected chi connectivity index (χ0v) is 12.8. The Morgan fingerprint density at radius 2 is 1.95 bits per heavy atom. The van der Waals surface area contributed by atoms with Crippen LogP contribution in [0.3, 0.4) is 0 Å². The molecule has 0 radical (unpaired) electrons. The maximum absolute atomic E-state index is 12.9. The first-order valence-electron chi connectivity index (χ1n) is 6.60. The number of hydrogen-bond donors (Lipinski definition) is 0. The molecule has 0 saturated carbocycles. The third kappa shape index (κ3) is 4.28. The second-order valence-corrected chi connectivity index (χ2v) is 5.94. The van der Waals surface area contributed by atoms with Crippen molar-refractivity contribution in [3.05, 3.63) is 51.5 Å². The molecule has 0 saturated heterocycles. The van der Waals surface area contributed by atoms with Gasteiger partial charge in [-0.05, 0) is 32.0 Å². The van der Waals surface area contributed by atoms with Crippen molar-refractivity contribution in [2.45, 2.75) is 26.1 Å². The molecule has 6 heteroatoms. The number of benzene rings is 1. The Bertz CT molecular complexity index is 593. The highest BCUT2D eigenvalue weighted by molar-refractivity contribution is 7.09. The van der Waals surface area contributed by atoms with Crippen molar-refractivity contribution >= 4 is 11.3 Å². The smallest absolute Gasteiger partial charge is 0.302 e. The third-order valence-electron chi connectivity index (χ3n) is 3.33. The second kappa shape index (κ2) is 6.58. The number of aryl methyl sites for hydroxylation is 1. The summed E-state index contributed by atoms with van der Waals surface area (Å²) in [4.78, 5) is 7.27. The van der Waals surface area contributed by atoms with E-state index < -0.39 is 11.7 Å². The van der Waals surface area contributed by atoms with Gasteiger partial charge in [-0.2, -0.15) is 13.2 Å². The lowest BCUT2D eigenvalue weighted by Crippen LogP contribution is -2.22. The van der Waals surface area contributed by atoms with Crippen LogP contribution in [0.5, 0.6) is 0 Å². The molecular formula is C15H17F3N2S. The molecule has 2 nitrogen and oxygen atoms in total. The molecule has 2 aromatic rings. The van der Waals surface area contributed by atoms with Gasteiger partial charge in [-0.15, -0.1) is 11.3 Å². The summed E-state index contributed by atoms with van der Waals surface area (Å²) < 4.78 is 38.8. The van der Waals surface area contributed by atoms with Crippen molar-refractivity contribution in [1.82, 2.24) is 9.88 Å². The lowest BCUT2D eigenvalue weighted by Gasteiger charge is -2.19. The van der Waals surface area contributed by atoms with E-state index in [2.05, 4.69) is 4.98 Å². The molecule has 0 aliphatic rings. The lowest BCUT2D eigenvalue weighted by atomic mass is 10.1. The molecule has 1 aromatic carbocycles. The van der Waals surface area contributed by atoms with Crippen LogP contribution < -0.4 is 0 Å². The van der Waals surface area contributed by atoms with Crippen LogP contribution in [0.25, 0.3) is 0 Å². The molecule has 0 atom stereocenters. The normalized spacial score (nSPS) is 12.1. The number of rotatable bonds is 5. The summed E-state index contributed by atoms with van der Waals surface area (Å²) in [6, 6.07) is 5.74. The van der Waals surface area contributed by atoms with Crippen LogP contribution in [0.1, 0.15) is 21.7 Å². The van der Waals surface area contributed by atoms with Gasteiger partial charge >= 0.3 is 6.18 Å². The molecule has 0 N–H and O–H groups in total. The summed E-state index contributed by atoms with van der Waals surface area (Å²) in [7, 11) is 1.84. The maximum Gasteiger partial charge on any atom is 0.416 e. The largest absolute Gasteiger partial charge is 0.416 e. The molecule has 0 aliphatic carbocycles. The Morgan fingerprint density at radius 1 is 1.24 bits per heavy atom. The predicted octanol–water partition coefficient (Wildman–Crippen LogP) is 4.14. The Kier molecular flexibility index (Phi) is 5.00. The van der Waals surface area contributed by atoms with Gasteiger partial charge in [-0.1, -0.05) is 18.2 Å². The summed E-state index contributed by atoms with van der Waals surface area (Å²) in [5, 5.41) is 0. The minimum absolute atomic E-state index is 0.285. The van der Waals surface area contributed by atoms with Gasteiger partial charge in [0.25, 0.3) is 0 Å². The summed E-state index contributed by atoms with van der Waals surface area (Å²) in [5.41, 5.74) is 2.56. The number of nitrogens with zero attached hydrogens (tertiary/aromatic N) is 2. The van der Waals surface area contributed by atoms with Crippen LogP contribution in [-0.2, 0) is 19.1 Å². The summed E-state index contributed by atoms with van der Waals surface area (Å²) >= 11 is 1.59. The van der Waals surface area contributed by atoms with Gasteiger partial charge in [0.2, 0.25) is 0 Å². The topological polar surface area (TPSA) is 16.1 Å². The lowest BCUT2D eigenvalue weighted by molar-refractivity contribution is -0.138. The predicted molar refractivity (Wildman–Crippen MR) is 78.3 cm³/mol. The van der Waals surface area contributed by atoms with Crippen molar-refractivity contribution in [3.8, 4) is 0 Å². The van der Waals surface area contributed by atoms with Crippen LogP contribution in [0.15, 0.2) is 29.8 Å². The monoisotopic (exact) mass is 314 g/mol. The van der Waals surface area contributed by atoms with Crippen LogP contribution in [0, 0.1) is 6.92 Å². The first-order valence-corrected chi connectivity index (χ1v) is 7.48. The van der Waals surface area contributed by atoms with E-state index in [1.807, 2.05) is 18.9 Å². The zero-order valence-electron chi connectivity index (χ0n) is 11.9. The molecule has 0 aliphatic heterocycles. The molecule has 0 bridgehead atoms. The Balaban J connectivity index is 2.00. The molecule has 0 fully saturated rings. The molecule has 2 rings (SSSR count). The van der Waals surface area contributed by atoms with Crippen LogP contribution in [0.2, 0.25) is 0 Å². The van der Waals surface area contributed by atoms with Crippen LogP contribution >= 0.6 is 11.3 Å². The van der Waals surface area contributed by atoms with E-state index in [1.165, 1.54) is 17.0 Å². The molecule has 21 heavy (non-hydrogen) atoms. The first kappa shape index (κ1) is 16.0. The number of halogens is 3. The van der Waals surface area contributed by atoms with E-state index in [4.69, 9.17) is 0 Å². The molecule has 114 valence electrons. The van der Waals surface area contributed by atoms with E-state index in [1.54, 1.807) is 22.9 Å². The van der Waals surface area contributed by atoms with E-state index >= 15 is 0 Å². The van der Waals surface area contributed by atoms with E-state index in [0.29, 0.717) is 12.1 Å². The van der Waals surface area contributed by atoms with E-state index in [0.717, 1.165) is 18.2 Å². The average molecular weight is 314 g/mol. The molecule has 0 unspecified atom stereocenters. The zero-order chi connectivity index (χ0) is 15.5. The third-order valence-corrected chi connectivity index (χ3v) is 4.32. The minimum Gasteiger partial charge on any atom is -0.302 e. The van der Waals surface area contributed by atoms with Crippen LogP contribution in [-0.4, -0.2) is 23.5 Å². The molecular weight excluding hydrogens is 297 g/mol. The van der Waals surface area contributed by atoms with Crippen molar-refractivity contribution < 1.29 is 13.2 Å². The highest BCUT2D eigenvalue weighted by Crippen LogP contribution is 2.32. The fraction of sp³-hybridized carbons (Fsp3) is 0.400. The molecule has 0 spiro atoms. The summed E-state index contributed by atoms with van der Waals surface area (Å²) in [5.74, 6) is 0. The molecule has 1 aromatic heterocycles. The van der Waals surface area contributed by atoms with Crippen molar-refractivity contribution in [2.75, 3.05) is 13.6 Å². The van der Waals surface area contributed by atoms with Crippen molar-refractivity contribution in [1.29, 1.82) is 0 Å². The minimum atomic E-state index is -4.30. The highest BCUT2D eigenvalue weighted by Gasteiger charge is 2.32. The Morgan fingerprint density at radius 3 is 2.57 bits per heavy atom. The molecule has 0 amide bonds.